The Bertz CT molecular complexity index is 568. The molecule has 3 aliphatic rings. The molecule has 3 fully saturated rings. The van der Waals surface area contributed by atoms with Crippen LogP contribution in [0.25, 0.3) is 0 Å². The highest BCUT2D eigenvalue weighted by Gasteiger charge is 2.43. The number of piperidine rings is 1. The van der Waals surface area contributed by atoms with Crippen LogP contribution in [0.15, 0.2) is 0 Å². The van der Waals surface area contributed by atoms with E-state index < -0.39 is 6.04 Å². The normalized spacial score (nSPS) is 30.4. The maximum atomic E-state index is 13.6. The van der Waals surface area contributed by atoms with Gasteiger partial charge in [0.25, 0.3) is 0 Å². The molecule has 6 nitrogen and oxygen atoms in total. The summed E-state index contributed by atoms with van der Waals surface area (Å²) in [6.45, 7) is 9.45. The van der Waals surface area contributed by atoms with Gasteiger partial charge < -0.3 is 20.3 Å². The van der Waals surface area contributed by atoms with Crippen LogP contribution >= 0.6 is 0 Å². The molecule has 1 saturated carbocycles. The van der Waals surface area contributed by atoms with Gasteiger partial charge in [-0.05, 0) is 70.9 Å². The highest BCUT2D eigenvalue weighted by molar-refractivity contribution is 5.90. The Kier molecular flexibility index (Phi) is 8.58. The molecule has 3 rings (SSSR count). The van der Waals surface area contributed by atoms with Crippen molar-refractivity contribution < 1.29 is 14.3 Å². The minimum Gasteiger partial charge on any atom is -0.379 e. The van der Waals surface area contributed by atoms with Gasteiger partial charge in [0.2, 0.25) is 11.8 Å². The van der Waals surface area contributed by atoms with Gasteiger partial charge in [-0.2, -0.15) is 0 Å². The van der Waals surface area contributed by atoms with Gasteiger partial charge in [0, 0.05) is 18.7 Å². The van der Waals surface area contributed by atoms with Crippen molar-refractivity contribution in [3.8, 4) is 0 Å². The van der Waals surface area contributed by atoms with Crippen molar-refractivity contribution in [3.05, 3.63) is 0 Å². The Balaban J connectivity index is 1.72. The van der Waals surface area contributed by atoms with Crippen LogP contribution in [0.5, 0.6) is 0 Å². The lowest BCUT2D eigenvalue weighted by atomic mass is 9.72. The van der Waals surface area contributed by atoms with E-state index in [4.69, 9.17) is 4.74 Å². The van der Waals surface area contributed by atoms with Gasteiger partial charge in [-0.15, -0.1) is 0 Å². The first kappa shape index (κ1) is 23.5. The lowest BCUT2D eigenvalue weighted by Gasteiger charge is -2.46. The fraction of sp³-hybridized carbons (Fsp3) is 0.917. The van der Waals surface area contributed by atoms with Gasteiger partial charge in [0.05, 0.1) is 12.0 Å². The number of likely N-dealkylation sites (tertiary alicyclic amines) is 1. The van der Waals surface area contributed by atoms with Crippen LogP contribution in [0.4, 0.5) is 0 Å². The van der Waals surface area contributed by atoms with Gasteiger partial charge in [-0.25, -0.2) is 0 Å². The molecule has 0 radical (unpaired) electrons. The summed E-state index contributed by atoms with van der Waals surface area (Å²) >= 11 is 0. The maximum absolute atomic E-state index is 13.6. The maximum Gasteiger partial charge on any atom is 0.242 e. The average molecular weight is 422 g/mol. The number of nitrogens with zero attached hydrogens (tertiary/aromatic N) is 1. The summed E-state index contributed by atoms with van der Waals surface area (Å²) in [5.41, 5.74) is -0.327. The number of carbonyl (C=O) groups is 2. The van der Waals surface area contributed by atoms with E-state index in [2.05, 4.69) is 29.4 Å². The summed E-state index contributed by atoms with van der Waals surface area (Å²) in [6, 6.07) is 0.220. The lowest BCUT2D eigenvalue weighted by Crippen LogP contribution is -2.57. The predicted octanol–water partition coefficient (Wildman–Crippen LogP) is 3.25. The number of hydrogen-bond acceptors (Lipinski definition) is 4. The van der Waals surface area contributed by atoms with Crippen molar-refractivity contribution >= 4 is 11.8 Å². The lowest BCUT2D eigenvalue weighted by molar-refractivity contribution is -0.139. The summed E-state index contributed by atoms with van der Waals surface area (Å²) in [5, 5.41) is 6.25. The minimum absolute atomic E-state index is 0.0494. The molecule has 2 aliphatic heterocycles. The van der Waals surface area contributed by atoms with E-state index in [0.29, 0.717) is 18.9 Å². The average Bonchev–Trinajstić information content (AvgIpc) is 2.65. The summed E-state index contributed by atoms with van der Waals surface area (Å²) in [7, 11) is 0. The van der Waals surface area contributed by atoms with E-state index in [1.807, 2.05) is 6.92 Å². The van der Waals surface area contributed by atoms with Gasteiger partial charge in [-0.3, -0.25) is 9.59 Å². The van der Waals surface area contributed by atoms with Crippen molar-refractivity contribution in [2.45, 2.75) is 103 Å². The van der Waals surface area contributed by atoms with Crippen LogP contribution < -0.4 is 10.6 Å². The van der Waals surface area contributed by atoms with E-state index >= 15 is 0 Å². The van der Waals surface area contributed by atoms with Crippen molar-refractivity contribution in [3.63, 3.8) is 0 Å². The topological polar surface area (TPSA) is 70.7 Å². The highest BCUT2D eigenvalue weighted by atomic mass is 16.5. The number of rotatable bonds is 3. The molecule has 30 heavy (non-hydrogen) atoms. The third kappa shape index (κ3) is 6.19. The smallest absolute Gasteiger partial charge is 0.242 e. The molecule has 0 unspecified atom stereocenters. The van der Waals surface area contributed by atoms with Gasteiger partial charge >= 0.3 is 0 Å². The Morgan fingerprint density at radius 2 is 1.77 bits per heavy atom. The molecule has 1 aliphatic carbocycles. The molecule has 2 N–H and O–H groups in total. The first-order valence-corrected chi connectivity index (χ1v) is 12.3. The molecule has 2 saturated heterocycles. The van der Waals surface area contributed by atoms with Gasteiger partial charge in [0.15, 0.2) is 0 Å². The first-order valence-electron chi connectivity index (χ1n) is 12.3. The van der Waals surface area contributed by atoms with Crippen LogP contribution in [0.1, 0.15) is 85.0 Å². The molecule has 172 valence electrons. The number of amides is 2. The van der Waals surface area contributed by atoms with Crippen LogP contribution in [0.2, 0.25) is 0 Å². The van der Waals surface area contributed by atoms with Crippen molar-refractivity contribution in [2.75, 3.05) is 26.3 Å². The van der Waals surface area contributed by atoms with Crippen LogP contribution in [0.3, 0.4) is 0 Å². The fourth-order valence-electron chi connectivity index (χ4n) is 5.16. The molecule has 1 spiro atoms. The number of ether oxygens (including phenoxy) is 1. The number of carbonyl (C=O) groups excluding carboxylic acids is 2. The molecule has 0 bridgehead atoms. The fourth-order valence-corrected chi connectivity index (χ4v) is 5.16. The van der Waals surface area contributed by atoms with E-state index in [-0.39, 0.29) is 23.3 Å². The zero-order valence-electron chi connectivity index (χ0n) is 19.4. The molecule has 0 aromatic heterocycles. The molecule has 0 aromatic rings. The molecule has 2 atom stereocenters. The second-order valence-electron chi connectivity index (χ2n) is 10.4. The molecular weight excluding hydrogens is 378 g/mol. The Morgan fingerprint density at radius 3 is 2.40 bits per heavy atom. The highest BCUT2D eigenvalue weighted by Crippen LogP contribution is 2.40. The summed E-state index contributed by atoms with van der Waals surface area (Å²) in [5.74, 6) is 0.368. The minimum atomic E-state index is -0.468. The van der Waals surface area contributed by atoms with Gasteiger partial charge in [-0.1, -0.05) is 33.1 Å². The van der Waals surface area contributed by atoms with E-state index in [1.54, 1.807) is 0 Å². The van der Waals surface area contributed by atoms with Crippen molar-refractivity contribution in [1.82, 2.24) is 15.5 Å². The van der Waals surface area contributed by atoms with Crippen LogP contribution in [0, 0.1) is 11.3 Å². The Morgan fingerprint density at radius 1 is 1.03 bits per heavy atom. The zero-order chi connectivity index (χ0) is 21.6. The number of nitrogens with one attached hydrogen (secondary N) is 2. The zero-order valence-corrected chi connectivity index (χ0v) is 19.4. The SMILES string of the molecule is CC(C)C[C@@H]1NC(=O)C2(CCCCCOC[C@@H](C)NC1=O)CCN(C1CCC1)CC2. The van der Waals surface area contributed by atoms with Crippen molar-refractivity contribution in [2.24, 2.45) is 11.3 Å². The van der Waals surface area contributed by atoms with E-state index in [0.717, 1.165) is 64.3 Å². The summed E-state index contributed by atoms with van der Waals surface area (Å²) in [6.07, 6.45) is 10.5. The van der Waals surface area contributed by atoms with Crippen LogP contribution in [-0.2, 0) is 14.3 Å². The Labute approximate surface area is 182 Å². The second-order valence-corrected chi connectivity index (χ2v) is 10.4. The largest absolute Gasteiger partial charge is 0.379 e. The van der Waals surface area contributed by atoms with E-state index in [1.165, 1.54) is 19.3 Å². The predicted molar refractivity (Wildman–Crippen MR) is 119 cm³/mol. The second kappa shape index (κ2) is 10.9. The summed E-state index contributed by atoms with van der Waals surface area (Å²) < 4.78 is 5.76. The first-order chi connectivity index (χ1) is 14.4. The van der Waals surface area contributed by atoms with Crippen LogP contribution in [-0.4, -0.2) is 61.1 Å². The molecular formula is C24H43N3O3. The monoisotopic (exact) mass is 421 g/mol. The van der Waals surface area contributed by atoms with Crippen molar-refractivity contribution in [1.29, 1.82) is 0 Å². The molecule has 0 aromatic carbocycles. The third-order valence-electron chi connectivity index (χ3n) is 7.36. The molecule has 2 amide bonds. The Hall–Kier alpha value is -1.14. The van der Waals surface area contributed by atoms with E-state index in [9.17, 15) is 9.59 Å². The molecule has 6 heteroatoms. The molecule has 2 heterocycles. The summed E-state index contributed by atoms with van der Waals surface area (Å²) in [4.78, 5) is 29.1. The van der Waals surface area contributed by atoms with Gasteiger partial charge in [0.1, 0.15) is 6.04 Å². The third-order valence-corrected chi connectivity index (χ3v) is 7.36. The quantitative estimate of drug-likeness (QED) is 0.734. The standard InChI is InChI=1S/C24H43N3O3/c1-18(2)16-21-22(28)25-19(3)17-30-15-6-4-5-10-24(23(29)26-21)11-13-27(14-12-24)20-8-7-9-20/h18-21H,4-17H2,1-3H3,(H,25,28)(H,26,29)/t19-,21+/m1/s1. The number of hydrogen-bond donors (Lipinski definition) is 2.